The van der Waals surface area contributed by atoms with Gasteiger partial charge >= 0.3 is 0 Å². The molecule has 2 aromatic rings. The van der Waals surface area contributed by atoms with Crippen LogP contribution in [-0.2, 0) is 6.54 Å². The highest BCUT2D eigenvalue weighted by Gasteiger charge is 2.18. The molecule has 3 heteroatoms. The van der Waals surface area contributed by atoms with Crippen LogP contribution in [0.15, 0.2) is 36.5 Å². The predicted molar refractivity (Wildman–Crippen MR) is 80.9 cm³/mol. The number of nitrogens with zero attached hydrogens (tertiary/aromatic N) is 2. The van der Waals surface area contributed by atoms with E-state index < -0.39 is 0 Å². The number of rotatable bonds is 5. The first-order valence-corrected chi connectivity index (χ1v) is 6.72. The van der Waals surface area contributed by atoms with Crippen molar-refractivity contribution in [1.29, 1.82) is 0 Å². The fraction of sp³-hybridized carbons (Fsp3) is 0.438. The van der Waals surface area contributed by atoms with Gasteiger partial charge in [-0.2, -0.15) is 0 Å². The summed E-state index contributed by atoms with van der Waals surface area (Å²) < 4.78 is 0. The highest BCUT2D eigenvalue weighted by Crippen LogP contribution is 2.17. The maximum absolute atomic E-state index is 5.78. The molecule has 2 N–H and O–H groups in total. The summed E-state index contributed by atoms with van der Waals surface area (Å²) in [6, 6.07) is 10.4. The number of nitrogens with two attached hydrogens (primary N) is 1. The molecule has 0 unspecified atom stereocenters. The Labute approximate surface area is 115 Å². The molecule has 0 saturated carbocycles. The SMILES string of the molecule is CN(Cc1cnc2ccccc2c1)CC(C)(C)CN. The zero-order valence-electron chi connectivity index (χ0n) is 12.1. The van der Waals surface area contributed by atoms with Crippen LogP contribution in [0, 0.1) is 5.41 Å². The van der Waals surface area contributed by atoms with Crippen molar-refractivity contribution in [3.05, 3.63) is 42.1 Å². The van der Waals surface area contributed by atoms with Gasteiger partial charge in [0.15, 0.2) is 0 Å². The zero-order chi connectivity index (χ0) is 13.9. The first kappa shape index (κ1) is 14.0. The highest BCUT2D eigenvalue weighted by molar-refractivity contribution is 5.78. The minimum atomic E-state index is 0.152. The summed E-state index contributed by atoms with van der Waals surface area (Å²) in [7, 11) is 2.13. The van der Waals surface area contributed by atoms with Crippen molar-refractivity contribution in [2.45, 2.75) is 20.4 Å². The van der Waals surface area contributed by atoms with Crippen LogP contribution >= 0.6 is 0 Å². The molecule has 0 spiro atoms. The molecular weight excluding hydrogens is 234 g/mol. The molecule has 1 heterocycles. The lowest BCUT2D eigenvalue weighted by Gasteiger charge is -2.29. The van der Waals surface area contributed by atoms with Crippen LogP contribution < -0.4 is 5.73 Å². The Balaban J connectivity index is 2.08. The topological polar surface area (TPSA) is 42.2 Å². The Morgan fingerprint density at radius 3 is 2.74 bits per heavy atom. The molecule has 1 aromatic carbocycles. The molecule has 3 nitrogen and oxygen atoms in total. The third-order valence-corrected chi connectivity index (χ3v) is 3.35. The maximum Gasteiger partial charge on any atom is 0.0702 e. The van der Waals surface area contributed by atoms with Crippen LogP contribution in [0.5, 0.6) is 0 Å². The third kappa shape index (κ3) is 3.75. The van der Waals surface area contributed by atoms with E-state index >= 15 is 0 Å². The van der Waals surface area contributed by atoms with Gasteiger partial charge in [-0.25, -0.2) is 0 Å². The second-order valence-electron chi connectivity index (χ2n) is 6.08. The lowest BCUT2D eigenvalue weighted by Crippen LogP contribution is -2.36. The van der Waals surface area contributed by atoms with Crippen molar-refractivity contribution in [1.82, 2.24) is 9.88 Å². The summed E-state index contributed by atoms with van der Waals surface area (Å²) in [6.07, 6.45) is 1.97. The van der Waals surface area contributed by atoms with Crippen LogP contribution in [0.2, 0.25) is 0 Å². The standard InChI is InChI=1S/C16H23N3/c1-16(2,11-17)12-19(3)10-13-8-14-6-4-5-7-15(14)18-9-13/h4-9H,10-12,17H2,1-3H3. The third-order valence-electron chi connectivity index (χ3n) is 3.35. The van der Waals surface area contributed by atoms with Crippen molar-refractivity contribution < 1.29 is 0 Å². The molecule has 0 aliphatic rings. The lowest BCUT2D eigenvalue weighted by molar-refractivity contribution is 0.210. The summed E-state index contributed by atoms with van der Waals surface area (Å²) >= 11 is 0. The molecule has 0 saturated heterocycles. The lowest BCUT2D eigenvalue weighted by atomic mass is 9.93. The number of para-hydroxylation sites is 1. The summed E-state index contributed by atoms with van der Waals surface area (Å²) in [5.74, 6) is 0. The van der Waals surface area contributed by atoms with Crippen LogP contribution in [0.1, 0.15) is 19.4 Å². The number of aromatic nitrogens is 1. The minimum absolute atomic E-state index is 0.152. The number of pyridine rings is 1. The summed E-state index contributed by atoms with van der Waals surface area (Å²) in [6.45, 7) is 6.98. The van der Waals surface area contributed by atoms with Crippen molar-refractivity contribution in [3.63, 3.8) is 0 Å². The summed E-state index contributed by atoms with van der Waals surface area (Å²) in [5.41, 5.74) is 8.23. The number of hydrogen-bond donors (Lipinski definition) is 1. The molecule has 0 amide bonds. The quantitative estimate of drug-likeness (QED) is 0.895. The monoisotopic (exact) mass is 257 g/mol. The summed E-state index contributed by atoms with van der Waals surface area (Å²) in [5, 5.41) is 1.20. The van der Waals surface area contributed by atoms with Crippen molar-refractivity contribution in [2.75, 3.05) is 20.1 Å². The normalized spacial score (nSPS) is 12.3. The summed E-state index contributed by atoms with van der Waals surface area (Å²) in [4.78, 5) is 6.80. The molecule has 0 fully saturated rings. The zero-order valence-corrected chi connectivity index (χ0v) is 12.1. The second-order valence-corrected chi connectivity index (χ2v) is 6.08. The average molecular weight is 257 g/mol. The van der Waals surface area contributed by atoms with Gasteiger partial charge in [-0.15, -0.1) is 0 Å². The van der Waals surface area contributed by atoms with Gasteiger partial charge in [0.05, 0.1) is 5.52 Å². The van der Waals surface area contributed by atoms with Gasteiger partial charge in [0.1, 0.15) is 0 Å². The molecule has 1 aromatic heterocycles. The van der Waals surface area contributed by atoms with E-state index in [-0.39, 0.29) is 5.41 Å². The predicted octanol–water partition coefficient (Wildman–Crippen LogP) is 2.65. The Hall–Kier alpha value is -1.45. The first-order valence-electron chi connectivity index (χ1n) is 6.72. The number of hydrogen-bond acceptors (Lipinski definition) is 3. The van der Waals surface area contributed by atoms with Gasteiger partial charge < -0.3 is 10.6 Å². The van der Waals surface area contributed by atoms with Gasteiger partial charge in [0.25, 0.3) is 0 Å². The second kappa shape index (κ2) is 5.68. The minimum Gasteiger partial charge on any atom is -0.330 e. The van der Waals surface area contributed by atoms with E-state index in [9.17, 15) is 0 Å². The highest BCUT2D eigenvalue weighted by atomic mass is 15.1. The Bertz CT molecular complexity index is 548. The molecule has 2 rings (SSSR count). The van der Waals surface area contributed by atoms with Crippen LogP contribution in [0.25, 0.3) is 10.9 Å². The molecule has 102 valence electrons. The fourth-order valence-corrected chi connectivity index (χ4v) is 2.37. The molecule has 0 bridgehead atoms. The Kier molecular flexibility index (Phi) is 4.17. The van der Waals surface area contributed by atoms with E-state index in [0.717, 1.165) is 18.6 Å². The van der Waals surface area contributed by atoms with E-state index in [0.29, 0.717) is 6.54 Å². The van der Waals surface area contributed by atoms with Gasteiger partial charge in [-0.3, -0.25) is 4.98 Å². The van der Waals surface area contributed by atoms with Crippen molar-refractivity contribution in [3.8, 4) is 0 Å². The maximum atomic E-state index is 5.78. The van der Waals surface area contributed by atoms with E-state index in [1.54, 1.807) is 0 Å². The number of benzene rings is 1. The molecule has 19 heavy (non-hydrogen) atoms. The Morgan fingerprint density at radius 1 is 1.26 bits per heavy atom. The van der Waals surface area contributed by atoms with Gasteiger partial charge in [0.2, 0.25) is 0 Å². The molecule has 0 aliphatic carbocycles. The molecule has 0 atom stereocenters. The van der Waals surface area contributed by atoms with E-state index in [1.807, 2.05) is 18.3 Å². The van der Waals surface area contributed by atoms with Crippen LogP contribution in [0.4, 0.5) is 0 Å². The van der Waals surface area contributed by atoms with Crippen LogP contribution in [0.3, 0.4) is 0 Å². The van der Waals surface area contributed by atoms with Crippen LogP contribution in [-0.4, -0.2) is 30.0 Å². The number of fused-ring (bicyclic) bond motifs is 1. The van der Waals surface area contributed by atoms with Gasteiger partial charge in [-0.1, -0.05) is 32.0 Å². The molecular formula is C16H23N3. The van der Waals surface area contributed by atoms with E-state index in [2.05, 4.69) is 49.0 Å². The largest absolute Gasteiger partial charge is 0.330 e. The van der Waals surface area contributed by atoms with E-state index in [4.69, 9.17) is 5.73 Å². The van der Waals surface area contributed by atoms with E-state index in [1.165, 1.54) is 10.9 Å². The van der Waals surface area contributed by atoms with Gasteiger partial charge in [-0.05, 0) is 36.7 Å². The molecule has 0 aliphatic heterocycles. The first-order chi connectivity index (χ1) is 9.00. The average Bonchev–Trinajstić information content (AvgIpc) is 2.38. The van der Waals surface area contributed by atoms with Crippen molar-refractivity contribution >= 4 is 10.9 Å². The van der Waals surface area contributed by atoms with Gasteiger partial charge in [0, 0.05) is 24.7 Å². The fourth-order valence-electron chi connectivity index (χ4n) is 2.37. The molecule has 0 radical (unpaired) electrons. The van der Waals surface area contributed by atoms with Crippen molar-refractivity contribution in [2.24, 2.45) is 11.1 Å². The Morgan fingerprint density at radius 2 is 2.00 bits per heavy atom. The smallest absolute Gasteiger partial charge is 0.0702 e.